The number of likely N-dealkylation sites (N-methyl/N-ethyl adjacent to an activating group) is 1. The molecule has 1 aliphatic heterocycles. The van der Waals surface area contributed by atoms with Gasteiger partial charge in [-0.05, 0) is 17.7 Å². The summed E-state index contributed by atoms with van der Waals surface area (Å²) in [5.41, 5.74) is 1.72. The molecule has 90 valence electrons. The smallest absolute Gasteiger partial charge is 0.307 e. The van der Waals surface area contributed by atoms with Crippen molar-refractivity contribution in [3.63, 3.8) is 0 Å². The molecule has 0 saturated heterocycles. The number of nitrogens with one attached hydrogen (secondary N) is 1. The average molecular weight is 233 g/mol. The Hall–Kier alpha value is -2.04. The predicted octanol–water partition coefficient (Wildman–Crippen LogP) is 1.03. The van der Waals surface area contributed by atoms with Crippen LogP contribution in [0.3, 0.4) is 0 Å². The summed E-state index contributed by atoms with van der Waals surface area (Å²) in [6, 6.07) is 7.36. The van der Waals surface area contributed by atoms with Gasteiger partial charge in [-0.1, -0.05) is 12.1 Å². The molecular weight excluding hydrogens is 218 g/mol. The van der Waals surface area contributed by atoms with Crippen LogP contribution in [0.4, 0.5) is 5.69 Å². The lowest BCUT2D eigenvalue weighted by Gasteiger charge is -2.15. The lowest BCUT2D eigenvalue weighted by Crippen LogP contribution is -2.29. The van der Waals surface area contributed by atoms with E-state index in [2.05, 4.69) is 10.3 Å². The number of hydrogen-bond acceptors (Lipinski definition) is 4. The highest BCUT2D eigenvalue weighted by molar-refractivity contribution is 5.94. The van der Waals surface area contributed by atoms with Crippen LogP contribution >= 0.6 is 0 Å². The van der Waals surface area contributed by atoms with E-state index in [0.717, 1.165) is 30.3 Å². The van der Waals surface area contributed by atoms with Crippen LogP contribution in [-0.4, -0.2) is 42.1 Å². The van der Waals surface area contributed by atoms with Crippen LogP contribution in [0.2, 0.25) is 0 Å². The lowest BCUT2D eigenvalue weighted by atomic mass is 10.1. The van der Waals surface area contributed by atoms with Gasteiger partial charge in [0, 0.05) is 19.3 Å². The van der Waals surface area contributed by atoms with E-state index in [0.29, 0.717) is 0 Å². The highest BCUT2D eigenvalue weighted by Crippen LogP contribution is 2.11. The van der Waals surface area contributed by atoms with E-state index >= 15 is 0 Å². The predicted molar refractivity (Wildman–Crippen MR) is 66.3 cm³/mol. The fraction of sp³-hybridized carbons (Fsp3) is 0.333. The van der Waals surface area contributed by atoms with Gasteiger partial charge in [0.2, 0.25) is 0 Å². The molecule has 0 aliphatic carbocycles. The molecule has 1 heterocycles. The molecule has 0 atom stereocenters. The second-order valence-electron chi connectivity index (χ2n) is 4.02. The fourth-order valence-corrected chi connectivity index (χ4v) is 1.68. The summed E-state index contributed by atoms with van der Waals surface area (Å²) in [5, 5.41) is 11.9. The molecule has 0 spiro atoms. The van der Waals surface area contributed by atoms with E-state index in [4.69, 9.17) is 5.11 Å². The van der Waals surface area contributed by atoms with Crippen LogP contribution in [0, 0.1) is 0 Å². The molecular formula is C12H15N3O2. The van der Waals surface area contributed by atoms with Gasteiger partial charge in [0.05, 0.1) is 13.0 Å². The number of carboxylic acids is 1. The first-order valence-corrected chi connectivity index (χ1v) is 5.48. The van der Waals surface area contributed by atoms with E-state index in [9.17, 15) is 4.79 Å². The van der Waals surface area contributed by atoms with Gasteiger partial charge in [-0.25, -0.2) is 0 Å². The summed E-state index contributed by atoms with van der Waals surface area (Å²) >= 11 is 0. The number of carboxylic acid groups (broad SMARTS) is 1. The Balaban J connectivity index is 2.00. The topological polar surface area (TPSA) is 64.9 Å². The van der Waals surface area contributed by atoms with Gasteiger partial charge in [-0.2, -0.15) is 0 Å². The van der Waals surface area contributed by atoms with E-state index in [1.54, 1.807) is 0 Å². The molecule has 5 nitrogen and oxygen atoms in total. The minimum absolute atomic E-state index is 0.0567. The Morgan fingerprint density at radius 3 is 2.71 bits per heavy atom. The van der Waals surface area contributed by atoms with Crippen molar-refractivity contribution in [2.75, 3.05) is 25.5 Å². The molecule has 1 aromatic carbocycles. The van der Waals surface area contributed by atoms with Crippen molar-refractivity contribution < 1.29 is 9.90 Å². The molecule has 0 fully saturated rings. The van der Waals surface area contributed by atoms with Gasteiger partial charge >= 0.3 is 5.97 Å². The van der Waals surface area contributed by atoms with E-state index in [1.807, 2.05) is 36.2 Å². The third-order valence-electron chi connectivity index (χ3n) is 2.62. The quantitative estimate of drug-likeness (QED) is 0.818. The normalized spacial score (nSPS) is 14.6. The van der Waals surface area contributed by atoms with Crippen molar-refractivity contribution in [2.45, 2.75) is 6.42 Å². The van der Waals surface area contributed by atoms with Crippen molar-refractivity contribution in [1.29, 1.82) is 0 Å². The number of hydrogen-bond donors (Lipinski definition) is 2. The SMILES string of the molecule is CN1CCN=C1Nc1ccc(CC(=O)O)cc1. The van der Waals surface area contributed by atoms with Crippen LogP contribution in [0.1, 0.15) is 5.56 Å². The van der Waals surface area contributed by atoms with Crippen LogP contribution in [0.25, 0.3) is 0 Å². The van der Waals surface area contributed by atoms with Crippen LogP contribution in [-0.2, 0) is 11.2 Å². The van der Waals surface area contributed by atoms with Crippen molar-refractivity contribution in [1.82, 2.24) is 4.90 Å². The van der Waals surface area contributed by atoms with Crippen molar-refractivity contribution in [2.24, 2.45) is 4.99 Å². The van der Waals surface area contributed by atoms with Gasteiger partial charge < -0.3 is 15.3 Å². The molecule has 5 heteroatoms. The van der Waals surface area contributed by atoms with Crippen molar-refractivity contribution >= 4 is 17.6 Å². The zero-order valence-electron chi connectivity index (χ0n) is 9.68. The molecule has 1 aliphatic rings. The highest BCUT2D eigenvalue weighted by Gasteiger charge is 2.11. The average Bonchev–Trinajstić information content (AvgIpc) is 2.67. The number of aliphatic carboxylic acids is 1. The summed E-state index contributed by atoms with van der Waals surface area (Å²) in [7, 11) is 1.98. The number of guanidine groups is 1. The molecule has 17 heavy (non-hydrogen) atoms. The molecule has 2 N–H and O–H groups in total. The van der Waals surface area contributed by atoms with Crippen LogP contribution in [0.15, 0.2) is 29.3 Å². The Labute approximate surface area is 99.8 Å². The number of rotatable bonds is 3. The monoisotopic (exact) mass is 233 g/mol. The zero-order chi connectivity index (χ0) is 12.3. The number of carbonyl (C=O) groups is 1. The first kappa shape index (κ1) is 11.4. The van der Waals surface area contributed by atoms with Gasteiger partial charge in [0.25, 0.3) is 0 Å². The second kappa shape index (κ2) is 4.86. The molecule has 1 aromatic rings. The summed E-state index contributed by atoms with van der Waals surface area (Å²) in [4.78, 5) is 16.9. The third-order valence-corrected chi connectivity index (χ3v) is 2.62. The Bertz CT molecular complexity index is 440. The fourth-order valence-electron chi connectivity index (χ4n) is 1.68. The maximum Gasteiger partial charge on any atom is 0.307 e. The Morgan fingerprint density at radius 2 is 2.18 bits per heavy atom. The minimum Gasteiger partial charge on any atom is -0.481 e. The summed E-state index contributed by atoms with van der Waals surface area (Å²) < 4.78 is 0. The largest absolute Gasteiger partial charge is 0.481 e. The molecule has 0 amide bonds. The first-order chi connectivity index (χ1) is 8.15. The molecule has 0 bridgehead atoms. The highest BCUT2D eigenvalue weighted by atomic mass is 16.4. The summed E-state index contributed by atoms with van der Waals surface area (Å²) in [6.45, 7) is 1.75. The summed E-state index contributed by atoms with van der Waals surface area (Å²) in [6.07, 6.45) is 0.0567. The van der Waals surface area contributed by atoms with E-state index in [1.165, 1.54) is 0 Å². The van der Waals surface area contributed by atoms with Gasteiger partial charge in [-0.3, -0.25) is 9.79 Å². The van der Waals surface area contributed by atoms with Crippen molar-refractivity contribution in [3.05, 3.63) is 29.8 Å². The van der Waals surface area contributed by atoms with Gasteiger partial charge in [0.15, 0.2) is 5.96 Å². The second-order valence-corrected chi connectivity index (χ2v) is 4.02. The molecule has 0 radical (unpaired) electrons. The maximum absolute atomic E-state index is 10.5. The molecule has 0 saturated carbocycles. The Morgan fingerprint density at radius 1 is 1.47 bits per heavy atom. The number of nitrogens with zero attached hydrogens (tertiary/aromatic N) is 2. The standard InChI is InChI=1S/C12H15N3O2/c1-15-7-6-13-12(15)14-10-4-2-9(3-5-10)8-11(16)17/h2-5H,6-8H2,1H3,(H,13,14)(H,16,17). The third kappa shape index (κ3) is 2.96. The van der Waals surface area contributed by atoms with Crippen LogP contribution in [0.5, 0.6) is 0 Å². The van der Waals surface area contributed by atoms with Gasteiger partial charge in [0.1, 0.15) is 0 Å². The number of anilines is 1. The van der Waals surface area contributed by atoms with E-state index in [-0.39, 0.29) is 6.42 Å². The summed E-state index contributed by atoms with van der Waals surface area (Å²) in [5.74, 6) is 0.0431. The number of aliphatic imine (C=N–C) groups is 1. The molecule has 0 unspecified atom stereocenters. The molecule has 2 rings (SSSR count). The first-order valence-electron chi connectivity index (χ1n) is 5.48. The lowest BCUT2D eigenvalue weighted by molar-refractivity contribution is -0.136. The number of benzene rings is 1. The maximum atomic E-state index is 10.5. The van der Waals surface area contributed by atoms with E-state index < -0.39 is 5.97 Å². The van der Waals surface area contributed by atoms with Crippen molar-refractivity contribution in [3.8, 4) is 0 Å². The zero-order valence-corrected chi connectivity index (χ0v) is 9.68. The Kier molecular flexibility index (Phi) is 3.27. The van der Waals surface area contributed by atoms with Crippen LogP contribution < -0.4 is 5.32 Å². The van der Waals surface area contributed by atoms with Gasteiger partial charge in [-0.15, -0.1) is 0 Å². The minimum atomic E-state index is -0.814. The molecule has 0 aromatic heterocycles.